The summed E-state index contributed by atoms with van der Waals surface area (Å²) in [5, 5.41) is 8.73. The number of primary amides is 1. The van der Waals surface area contributed by atoms with E-state index >= 15 is 0 Å². The number of hydrogen-bond acceptors (Lipinski definition) is 4. The fourth-order valence-corrected chi connectivity index (χ4v) is 2.36. The average molecular weight is 276 g/mol. The van der Waals surface area contributed by atoms with Crippen molar-refractivity contribution in [2.75, 3.05) is 31.1 Å². The Hall–Kier alpha value is -2.13. The summed E-state index contributed by atoms with van der Waals surface area (Å²) >= 11 is 0. The molecule has 20 heavy (non-hydrogen) atoms. The third kappa shape index (κ3) is 2.89. The van der Waals surface area contributed by atoms with E-state index in [0.717, 1.165) is 0 Å². The number of nitrogens with zero attached hydrogens (tertiary/aromatic N) is 3. The fraction of sp³-hybridized carbons (Fsp3) is 0.429. The molecule has 1 unspecified atom stereocenters. The van der Waals surface area contributed by atoms with Crippen molar-refractivity contribution in [1.29, 1.82) is 5.26 Å². The highest BCUT2D eigenvalue weighted by atomic mass is 19.1. The van der Waals surface area contributed by atoms with E-state index in [1.165, 1.54) is 6.07 Å². The number of nitriles is 1. The minimum absolute atomic E-state index is 0.303. The quantitative estimate of drug-likeness (QED) is 0.881. The van der Waals surface area contributed by atoms with Crippen LogP contribution in [0.4, 0.5) is 10.1 Å². The molecular weight excluding hydrogens is 259 g/mol. The maximum atomic E-state index is 13.9. The van der Waals surface area contributed by atoms with Gasteiger partial charge >= 0.3 is 0 Å². The predicted octanol–water partition coefficient (Wildman–Crippen LogP) is 0.693. The topological polar surface area (TPSA) is 73.4 Å². The standard InChI is InChI=1S/C14H17FN4O/c1-10(14(17)20)18-4-6-19(7-5-18)13-3-2-11(9-16)8-12(13)15/h2-3,8,10H,4-7H2,1H3,(H2,17,20). The molecule has 6 heteroatoms. The van der Waals surface area contributed by atoms with Gasteiger partial charge in [0, 0.05) is 26.2 Å². The van der Waals surface area contributed by atoms with Gasteiger partial charge in [-0.05, 0) is 25.1 Å². The molecule has 1 heterocycles. The third-order valence-electron chi connectivity index (χ3n) is 3.69. The van der Waals surface area contributed by atoms with E-state index in [-0.39, 0.29) is 17.8 Å². The smallest absolute Gasteiger partial charge is 0.234 e. The van der Waals surface area contributed by atoms with E-state index in [4.69, 9.17) is 11.0 Å². The second-order valence-corrected chi connectivity index (χ2v) is 4.88. The molecule has 106 valence electrons. The minimum Gasteiger partial charge on any atom is -0.368 e. The summed E-state index contributed by atoms with van der Waals surface area (Å²) < 4.78 is 13.9. The van der Waals surface area contributed by atoms with Crippen LogP contribution in [0.15, 0.2) is 18.2 Å². The van der Waals surface area contributed by atoms with Crippen molar-refractivity contribution in [2.45, 2.75) is 13.0 Å². The summed E-state index contributed by atoms with van der Waals surface area (Å²) in [6.07, 6.45) is 0. The lowest BCUT2D eigenvalue weighted by molar-refractivity contribution is -0.122. The number of nitrogens with two attached hydrogens (primary N) is 1. The monoisotopic (exact) mass is 276 g/mol. The molecule has 0 bridgehead atoms. The van der Waals surface area contributed by atoms with Gasteiger partial charge in [-0.1, -0.05) is 0 Å². The first kappa shape index (κ1) is 14.3. The highest BCUT2D eigenvalue weighted by Crippen LogP contribution is 2.22. The van der Waals surface area contributed by atoms with Gasteiger partial charge in [0.2, 0.25) is 5.91 Å². The van der Waals surface area contributed by atoms with E-state index in [1.807, 2.05) is 15.9 Å². The van der Waals surface area contributed by atoms with Gasteiger partial charge in [-0.15, -0.1) is 0 Å². The summed E-state index contributed by atoms with van der Waals surface area (Å²) in [6.45, 7) is 4.34. The molecule has 1 fully saturated rings. The molecule has 1 aromatic carbocycles. The van der Waals surface area contributed by atoms with Gasteiger partial charge in [-0.3, -0.25) is 9.69 Å². The Kier molecular flexibility index (Phi) is 4.20. The Morgan fingerprint density at radius 2 is 2.05 bits per heavy atom. The van der Waals surface area contributed by atoms with Crippen molar-refractivity contribution >= 4 is 11.6 Å². The van der Waals surface area contributed by atoms with E-state index in [9.17, 15) is 9.18 Å². The minimum atomic E-state index is -0.388. The number of rotatable bonds is 3. The second-order valence-electron chi connectivity index (χ2n) is 4.88. The zero-order valence-electron chi connectivity index (χ0n) is 11.3. The molecule has 5 nitrogen and oxygen atoms in total. The molecule has 1 aliphatic rings. The Morgan fingerprint density at radius 3 is 2.55 bits per heavy atom. The molecular formula is C14H17FN4O. The summed E-state index contributed by atoms with van der Waals surface area (Å²) in [7, 11) is 0. The number of hydrogen-bond donors (Lipinski definition) is 1. The van der Waals surface area contributed by atoms with Crippen LogP contribution in [0.25, 0.3) is 0 Å². The second kappa shape index (κ2) is 5.88. The SMILES string of the molecule is CC(C(N)=O)N1CCN(c2ccc(C#N)cc2F)CC1. The first-order valence-electron chi connectivity index (χ1n) is 6.51. The van der Waals surface area contributed by atoms with Gasteiger partial charge in [0.25, 0.3) is 0 Å². The average Bonchev–Trinajstić information content (AvgIpc) is 2.46. The van der Waals surface area contributed by atoms with E-state index in [2.05, 4.69) is 0 Å². The van der Waals surface area contributed by atoms with Gasteiger partial charge in [-0.25, -0.2) is 4.39 Å². The normalized spacial score (nSPS) is 17.6. The first-order valence-corrected chi connectivity index (χ1v) is 6.51. The van der Waals surface area contributed by atoms with Crippen molar-refractivity contribution in [3.05, 3.63) is 29.6 Å². The lowest BCUT2D eigenvalue weighted by Gasteiger charge is -2.38. The first-order chi connectivity index (χ1) is 9.52. The maximum absolute atomic E-state index is 13.9. The molecule has 1 aromatic rings. The van der Waals surface area contributed by atoms with Crippen LogP contribution in [-0.4, -0.2) is 43.0 Å². The molecule has 2 N–H and O–H groups in total. The fourth-order valence-electron chi connectivity index (χ4n) is 2.36. The van der Waals surface area contributed by atoms with Crippen LogP contribution in [0.2, 0.25) is 0 Å². The summed E-state index contributed by atoms with van der Waals surface area (Å²) in [5.74, 6) is -0.733. The number of carbonyl (C=O) groups excluding carboxylic acids is 1. The van der Waals surface area contributed by atoms with Crippen molar-refractivity contribution in [1.82, 2.24) is 4.90 Å². The predicted molar refractivity (Wildman–Crippen MR) is 73.6 cm³/mol. The van der Waals surface area contributed by atoms with Crippen LogP contribution < -0.4 is 10.6 Å². The summed E-state index contributed by atoms with van der Waals surface area (Å²) in [5.41, 5.74) is 6.09. The zero-order valence-corrected chi connectivity index (χ0v) is 11.3. The highest BCUT2D eigenvalue weighted by molar-refractivity contribution is 5.79. The molecule has 1 atom stereocenters. The lowest BCUT2D eigenvalue weighted by atomic mass is 10.1. The number of halogens is 1. The molecule has 0 spiro atoms. The van der Waals surface area contributed by atoms with Gasteiger partial charge in [0.05, 0.1) is 23.4 Å². The number of anilines is 1. The molecule has 0 saturated carbocycles. The molecule has 0 radical (unpaired) electrons. The third-order valence-corrected chi connectivity index (χ3v) is 3.69. The summed E-state index contributed by atoms with van der Waals surface area (Å²) in [6, 6.07) is 6.09. The lowest BCUT2D eigenvalue weighted by Crippen LogP contribution is -2.53. The van der Waals surface area contributed by atoms with Gasteiger partial charge in [0.1, 0.15) is 5.82 Å². The summed E-state index contributed by atoms with van der Waals surface area (Å²) in [4.78, 5) is 15.1. The van der Waals surface area contributed by atoms with Gasteiger partial charge in [0.15, 0.2) is 0 Å². The Bertz CT molecular complexity index is 547. The van der Waals surface area contributed by atoms with Crippen molar-refractivity contribution < 1.29 is 9.18 Å². The zero-order chi connectivity index (χ0) is 14.7. The highest BCUT2D eigenvalue weighted by Gasteiger charge is 2.25. The van der Waals surface area contributed by atoms with Crippen LogP contribution in [0.5, 0.6) is 0 Å². The molecule has 0 aromatic heterocycles. The largest absolute Gasteiger partial charge is 0.368 e. The van der Waals surface area contributed by atoms with Crippen molar-refractivity contribution in [2.24, 2.45) is 5.73 Å². The van der Waals surface area contributed by atoms with E-state index in [1.54, 1.807) is 19.1 Å². The van der Waals surface area contributed by atoms with E-state index in [0.29, 0.717) is 37.4 Å². The van der Waals surface area contributed by atoms with Gasteiger partial charge < -0.3 is 10.6 Å². The number of amides is 1. The molecule has 1 saturated heterocycles. The van der Waals surface area contributed by atoms with Crippen LogP contribution in [0.3, 0.4) is 0 Å². The van der Waals surface area contributed by atoms with Gasteiger partial charge in [-0.2, -0.15) is 5.26 Å². The number of benzene rings is 1. The Morgan fingerprint density at radius 1 is 1.40 bits per heavy atom. The Labute approximate surface area is 117 Å². The number of carbonyl (C=O) groups is 1. The Balaban J connectivity index is 2.04. The van der Waals surface area contributed by atoms with Crippen LogP contribution in [-0.2, 0) is 4.79 Å². The molecule has 2 rings (SSSR count). The van der Waals surface area contributed by atoms with E-state index < -0.39 is 0 Å². The van der Waals surface area contributed by atoms with Crippen molar-refractivity contribution in [3.63, 3.8) is 0 Å². The maximum Gasteiger partial charge on any atom is 0.234 e. The molecule has 1 aliphatic heterocycles. The molecule has 0 aliphatic carbocycles. The van der Waals surface area contributed by atoms with Crippen molar-refractivity contribution in [3.8, 4) is 6.07 Å². The van der Waals surface area contributed by atoms with Crippen LogP contribution in [0.1, 0.15) is 12.5 Å². The van der Waals surface area contributed by atoms with Crippen LogP contribution >= 0.6 is 0 Å². The van der Waals surface area contributed by atoms with Crippen LogP contribution in [0, 0.1) is 17.1 Å². The number of piperazine rings is 1. The molecule has 1 amide bonds.